The molecule has 0 fully saturated rings. The zero-order valence-electron chi connectivity index (χ0n) is 2.98. The largest absolute Gasteiger partial charge is 0.330 e. The highest BCUT2D eigenvalue weighted by molar-refractivity contribution is 8.19. The fourth-order valence-electron chi connectivity index (χ4n) is 0.0680. The average molecular weight is 87.0 g/mol. The predicted octanol–water partition coefficient (Wildman–Crippen LogP) is -0.238. The molecule has 0 spiro atoms. The van der Waals surface area contributed by atoms with Crippen LogP contribution in [0.2, 0.25) is 0 Å². The highest BCUT2D eigenvalue weighted by Crippen LogP contribution is 1.81. The second kappa shape index (κ2) is 4.37. The fourth-order valence-corrected chi connectivity index (χ4v) is 0.204. The third kappa shape index (κ3) is 4.37. The highest BCUT2D eigenvalue weighted by Gasteiger charge is 1.67. The number of hydrogen-bond donors (Lipinski definition) is 1. The predicted molar refractivity (Wildman–Crippen MR) is 27.3 cm³/mol. The Bertz CT molecular complexity index is 17.1. The summed E-state index contributed by atoms with van der Waals surface area (Å²) in [4.78, 5) is 0. The van der Waals surface area contributed by atoms with E-state index in [1.807, 2.05) is 0 Å². The molecular formula is C2H6BNS. The van der Waals surface area contributed by atoms with Gasteiger partial charge in [0.25, 0.3) is 0 Å². The first-order valence-corrected chi connectivity index (χ1v) is 2.48. The van der Waals surface area contributed by atoms with Gasteiger partial charge in [-0.3, -0.25) is 0 Å². The van der Waals surface area contributed by atoms with Gasteiger partial charge < -0.3 is 5.73 Å². The Hall–Kier alpha value is 0.375. The van der Waals surface area contributed by atoms with Gasteiger partial charge in [-0.1, -0.05) is 0 Å². The van der Waals surface area contributed by atoms with E-state index in [1.54, 1.807) is 0 Å². The summed E-state index contributed by atoms with van der Waals surface area (Å²) in [6.45, 7) is 0.682. The van der Waals surface area contributed by atoms with Crippen molar-refractivity contribution in [3.8, 4) is 0 Å². The molecule has 0 aromatic rings. The van der Waals surface area contributed by atoms with Crippen LogP contribution < -0.4 is 5.73 Å². The first-order valence-electron chi connectivity index (χ1n) is 1.43. The molecule has 0 rings (SSSR count). The molecule has 0 amide bonds. The van der Waals surface area contributed by atoms with E-state index in [9.17, 15) is 0 Å². The smallest absolute Gasteiger partial charge is 0.161 e. The summed E-state index contributed by atoms with van der Waals surface area (Å²) in [6.07, 6.45) is 0. The molecule has 28 valence electrons. The van der Waals surface area contributed by atoms with Gasteiger partial charge in [-0.05, 0) is 5.75 Å². The van der Waals surface area contributed by atoms with Crippen LogP contribution in [-0.2, 0) is 0 Å². The van der Waals surface area contributed by atoms with E-state index in [-0.39, 0.29) is 0 Å². The Labute approximate surface area is 37.6 Å². The lowest BCUT2D eigenvalue weighted by Gasteiger charge is -1.81. The lowest BCUT2D eigenvalue weighted by atomic mass is 10.8. The summed E-state index contributed by atoms with van der Waals surface area (Å²) >= 11 is 1.28. The molecule has 0 aromatic heterocycles. The van der Waals surface area contributed by atoms with Gasteiger partial charge in [0.15, 0.2) is 7.12 Å². The van der Waals surface area contributed by atoms with E-state index in [0.29, 0.717) is 6.54 Å². The quantitative estimate of drug-likeness (QED) is 0.470. The van der Waals surface area contributed by atoms with Crippen molar-refractivity contribution in [1.82, 2.24) is 0 Å². The summed E-state index contributed by atoms with van der Waals surface area (Å²) in [5.74, 6) is 0.861. The second-order valence-corrected chi connectivity index (χ2v) is 1.40. The van der Waals surface area contributed by atoms with Crippen LogP contribution in [0.1, 0.15) is 0 Å². The minimum absolute atomic E-state index is 0.682. The number of hydrogen-bond acceptors (Lipinski definition) is 2. The van der Waals surface area contributed by atoms with Gasteiger partial charge in [0.2, 0.25) is 0 Å². The maximum atomic E-state index is 5.04. The van der Waals surface area contributed by atoms with Crippen LogP contribution in [0.15, 0.2) is 0 Å². The van der Waals surface area contributed by atoms with E-state index in [0.717, 1.165) is 5.75 Å². The van der Waals surface area contributed by atoms with E-state index in [1.165, 1.54) is 11.6 Å². The Morgan fingerprint density at radius 1 is 1.80 bits per heavy atom. The Balaban J connectivity index is 2.19. The number of nitrogens with two attached hydrogens (primary N) is 1. The number of rotatable bonds is 2. The van der Waals surface area contributed by atoms with Crippen molar-refractivity contribution < 1.29 is 0 Å². The van der Waals surface area contributed by atoms with Gasteiger partial charge in [-0.15, -0.1) is 0 Å². The van der Waals surface area contributed by atoms with Crippen LogP contribution in [0.5, 0.6) is 0 Å². The van der Waals surface area contributed by atoms with E-state index < -0.39 is 0 Å². The summed E-state index contributed by atoms with van der Waals surface area (Å²) in [7, 11) is 4.98. The van der Waals surface area contributed by atoms with E-state index in [4.69, 9.17) is 12.9 Å². The van der Waals surface area contributed by atoms with Crippen LogP contribution in [-0.4, -0.2) is 19.4 Å². The molecule has 0 aliphatic heterocycles. The Kier molecular flexibility index (Phi) is 4.70. The minimum atomic E-state index is 0.682. The van der Waals surface area contributed by atoms with Crippen molar-refractivity contribution in [1.29, 1.82) is 0 Å². The summed E-state index contributed by atoms with van der Waals surface area (Å²) < 4.78 is 0. The molecule has 0 saturated carbocycles. The molecule has 2 radical (unpaired) electrons. The molecule has 1 nitrogen and oxygen atoms in total. The molecule has 5 heavy (non-hydrogen) atoms. The zero-order valence-corrected chi connectivity index (χ0v) is 3.79. The van der Waals surface area contributed by atoms with Gasteiger partial charge in [0, 0.05) is 6.54 Å². The van der Waals surface area contributed by atoms with Crippen molar-refractivity contribution in [3.05, 3.63) is 0 Å². The van der Waals surface area contributed by atoms with Crippen LogP contribution in [0.4, 0.5) is 0 Å². The fraction of sp³-hybridized carbons (Fsp3) is 1.00. The van der Waals surface area contributed by atoms with Crippen molar-refractivity contribution in [2.45, 2.75) is 0 Å². The molecular weight excluding hydrogens is 80.9 g/mol. The standard InChI is InChI=1S/C2H6BNS/c3-5-2-1-4/h1-2,4H2. The van der Waals surface area contributed by atoms with Gasteiger partial charge in [-0.2, -0.15) is 0 Å². The Morgan fingerprint density at radius 3 is 2.40 bits per heavy atom. The molecule has 3 heteroatoms. The van der Waals surface area contributed by atoms with Gasteiger partial charge in [0.05, 0.1) is 0 Å². The van der Waals surface area contributed by atoms with Crippen LogP contribution in [0.25, 0.3) is 0 Å². The highest BCUT2D eigenvalue weighted by atomic mass is 32.2. The summed E-state index contributed by atoms with van der Waals surface area (Å²) in [5, 5.41) is 0. The molecule has 2 N–H and O–H groups in total. The van der Waals surface area contributed by atoms with Gasteiger partial charge in [-0.25, -0.2) is 11.6 Å². The zero-order chi connectivity index (χ0) is 4.12. The normalized spacial score (nSPS) is 8.20. The van der Waals surface area contributed by atoms with E-state index >= 15 is 0 Å². The monoisotopic (exact) mass is 87.0 g/mol. The topological polar surface area (TPSA) is 26.0 Å². The van der Waals surface area contributed by atoms with Crippen LogP contribution >= 0.6 is 11.6 Å². The molecule has 0 saturated heterocycles. The SMILES string of the molecule is [B]SCCN. The van der Waals surface area contributed by atoms with Crippen LogP contribution in [0, 0.1) is 0 Å². The lowest BCUT2D eigenvalue weighted by Crippen LogP contribution is -2.00. The molecule has 0 aliphatic carbocycles. The molecule has 0 bridgehead atoms. The Morgan fingerprint density at radius 2 is 2.40 bits per heavy atom. The molecule has 0 atom stereocenters. The molecule has 0 unspecified atom stereocenters. The van der Waals surface area contributed by atoms with Crippen molar-refractivity contribution >= 4 is 18.7 Å². The van der Waals surface area contributed by atoms with Crippen LogP contribution in [0.3, 0.4) is 0 Å². The summed E-state index contributed by atoms with van der Waals surface area (Å²) in [6, 6.07) is 0. The maximum Gasteiger partial charge on any atom is 0.161 e. The minimum Gasteiger partial charge on any atom is -0.330 e. The van der Waals surface area contributed by atoms with Gasteiger partial charge in [0.1, 0.15) is 0 Å². The third-order valence-corrected chi connectivity index (χ3v) is 0.707. The molecule has 0 heterocycles. The van der Waals surface area contributed by atoms with Crippen molar-refractivity contribution in [2.24, 2.45) is 5.73 Å². The first kappa shape index (κ1) is 5.37. The van der Waals surface area contributed by atoms with Crippen molar-refractivity contribution in [3.63, 3.8) is 0 Å². The lowest BCUT2D eigenvalue weighted by molar-refractivity contribution is 1.16. The molecule has 0 aliphatic rings. The molecule has 0 aromatic carbocycles. The van der Waals surface area contributed by atoms with Crippen molar-refractivity contribution in [2.75, 3.05) is 12.3 Å². The summed E-state index contributed by atoms with van der Waals surface area (Å²) in [5.41, 5.74) is 5.04. The maximum absolute atomic E-state index is 5.04. The third-order valence-electron chi connectivity index (χ3n) is 0.236. The van der Waals surface area contributed by atoms with E-state index in [2.05, 4.69) is 0 Å². The second-order valence-electron chi connectivity index (χ2n) is 0.659. The average Bonchev–Trinajstić information content (AvgIpc) is 1.41. The van der Waals surface area contributed by atoms with Gasteiger partial charge >= 0.3 is 0 Å². The first-order chi connectivity index (χ1) is 2.41.